The Morgan fingerprint density at radius 2 is 1.80 bits per heavy atom. The van der Waals surface area contributed by atoms with Gasteiger partial charge < -0.3 is 11.1 Å². The number of nitrogens with one attached hydrogen (secondary N) is 1. The van der Waals surface area contributed by atoms with Crippen LogP contribution in [0.2, 0.25) is 0 Å². The molecule has 5 nitrogen and oxygen atoms in total. The van der Waals surface area contributed by atoms with E-state index in [1.54, 1.807) is 0 Å². The zero-order chi connectivity index (χ0) is 14.5. The lowest BCUT2D eigenvalue weighted by Gasteiger charge is -2.08. The van der Waals surface area contributed by atoms with Crippen LogP contribution in [0.15, 0.2) is 42.5 Å². The molecule has 0 spiro atoms. The van der Waals surface area contributed by atoms with E-state index in [4.69, 9.17) is 5.73 Å². The van der Waals surface area contributed by atoms with E-state index in [9.17, 15) is 14.5 Å². The fourth-order valence-electron chi connectivity index (χ4n) is 1.75. The maximum absolute atomic E-state index is 13.6. The van der Waals surface area contributed by atoms with Crippen LogP contribution in [0.3, 0.4) is 0 Å². The van der Waals surface area contributed by atoms with Crippen molar-refractivity contribution in [3.63, 3.8) is 0 Å². The lowest BCUT2D eigenvalue weighted by Crippen LogP contribution is -2.03. The van der Waals surface area contributed by atoms with E-state index in [1.807, 2.05) is 24.3 Å². The molecule has 6 heteroatoms. The molecule has 0 heterocycles. The van der Waals surface area contributed by atoms with Crippen LogP contribution in [-0.2, 0) is 13.1 Å². The summed E-state index contributed by atoms with van der Waals surface area (Å²) in [6.45, 7) is 0.907. The van der Waals surface area contributed by atoms with E-state index < -0.39 is 10.7 Å². The van der Waals surface area contributed by atoms with Gasteiger partial charge in [0.15, 0.2) is 5.82 Å². The van der Waals surface area contributed by atoms with Gasteiger partial charge in [0.2, 0.25) is 0 Å². The maximum Gasteiger partial charge on any atom is 0.272 e. The third-order valence-electron chi connectivity index (χ3n) is 2.91. The van der Waals surface area contributed by atoms with Crippen molar-refractivity contribution in [2.45, 2.75) is 13.1 Å². The van der Waals surface area contributed by atoms with Crippen LogP contribution in [0, 0.1) is 15.9 Å². The number of hydrogen-bond acceptors (Lipinski definition) is 4. The van der Waals surface area contributed by atoms with Crippen molar-refractivity contribution in [1.29, 1.82) is 0 Å². The minimum Gasteiger partial charge on any atom is -0.379 e. The number of anilines is 1. The number of nitro groups is 1. The summed E-state index contributed by atoms with van der Waals surface area (Å²) in [5, 5.41) is 13.4. The Morgan fingerprint density at radius 3 is 2.35 bits per heavy atom. The van der Waals surface area contributed by atoms with Gasteiger partial charge in [0.05, 0.1) is 16.7 Å². The molecule has 0 aliphatic heterocycles. The molecule has 0 aliphatic rings. The molecule has 3 N–H and O–H groups in total. The summed E-state index contributed by atoms with van der Waals surface area (Å²) < 4.78 is 13.6. The van der Waals surface area contributed by atoms with E-state index in [0.29, 0.717) is 13.1 Å². The lowest BCUT2D eigenvalue weighted by atomic mass is 10.1. The van der Waals surface area contributed by atoms with Crippen LogP contribution < -0.4 is 11.1 Å². The van der Waals surface area contributed by atoms with Gasteiger partial charge in [-0.3, -0.25) is 10.1 Å². The van der Waals surface area contributed by atoms with Crippen molar-refractivity contribution in [3.05, 3.63) is 69.5 Å². The molecule has 0 saturated heterocycles. The standard InChI is InChI=1S/C14H14FN3O2/c15-13-7-12(18(19)20)5-6-14(13)17-9-11-3-1-10(8-16)2-4-11/h1-7,17H,8-9,16H2. The van der Waals surface area contributed by atoms with Crippen molar-refractivity contribution in [1.82, 2.24) is 0 Å². The molecule has 104 valence electrons. The third-order valence-corrected chi connectivity index (χ3v) is 2.91. The summed E-state index contributed by atoms with van der Waals surface area (Å²) in [4.78, 5) is 9.89. The highest BCUT2D eigenvalue weighted by atomic mass is 19.1. The number of benzene rings is 2. The topological polar surface area (TPSA) is 81.2 Å². The Balaban J connectivity index is 2.04. The smallest absolute Gasteiger partial charge is 0.272 e. The van der Waals surface area contributed by atoms with Gasteiger partial charge >= 0.3 is 0 Å². The number of nitro benzene ring substituents is 1. The zero-order valence-electron chi connectivity index (χ0n) is 10.7. The normalized spacial score (nSPS) is 10.3. The molecular weight excluding hydrogens is 261 g/mol. The van der Waals surface area contributed by atoms with E-state index in [-0.39, 0.29) is 11.4 Å². The van der Waals surface area contributed by atoms with Crippen LogP contribution in [-0.4, -0.2) is 4.92 Å². The van der Waals surface area contributed by atoms with Gasteiger partial charge in [0.25, 0.3) is 5.69 Å². The molecule has 0 radical (unpaired) electrons. The molecule has 0 aromatic heterocycles. The Labute approximate surface area is 115 Å². The SMILES string of the molecule is NCc1ccc(CNc2ccc([N+](=O)[O-])cc2F)cc1. The molecule has 0 aliphatic carbocycles. The number of hydrogen-bond donors (Lipinski definition) is 2. The average Bonchev–Trinajstić information content (AvgIpc) is 2.46. The average molecular weight is 275 g/mol. The number of halogens is 1. The van der Waals surface area contributed by atoms with Gasteiger partial charge in [-0.2, -0.15) is 0 Å². The number of non-ortho nitro benzene ring substituents is 1. The fraction of sp³-hybridized carbons (Fsp3) is 0.143. The highest BCUT2D eigenvalue weighted by Crippen LogP contribution is 2.21. The first-order valence-corrected chi connectivity index (χ1v) is 6.06. The van der Waals surface area contributed by atoms with Crippen molar-refractivity contribution >= 4 is 11.4 Å². The van der Waals surface area contributed by atoms with Crippen LogP contribution in [0.5, 0.6) is 0 Å². The number of rotatable bonds is 5. The van der Waals surface area contributed by atoms with Crippen molar-refractivity contribution in [2.75, 3.05) is 5.32 Å². The first kappa shape index (κ1) is 14.0. The Kier molecular flexibility index (Phi) is 4.27. The van der Waals surface area contributed by atoms with Gasteiger partial charge in [0, 0.05) is 19.2 Å². The Morgan fingerprint density at radius 1 is 1.15 bits per heavy atom. The molecule has 0 fully saturated rings. The second-order valence-corrected chi connectivity index (χ2v) is 4.30. The molecule has 0 atom stereocenters. The Bertz CT molecular complexity index is 614. The molecule has 0 saturated carbocycles. The van der Waals surface area contributed by atoms with Gasteiger partial charge in [-0.05, 0) is 17.2 Å². The summed E-state index contributed by atoms with van der Waals surface area (Å²) >= 11 is 0. The maximum atomic E-state index is 13.6. The van der Waals surface area contributed by atoms with Gasteiger partial charge in [0.1, 0.15) is 0 Å². The van der Waals surface area contributed by atoms with Gasteiger partial charge in [-0.1, -0.05) is 24.3 Å². The minimum atomic E-state index is -0.641. The molecule has 0 amide bonds. The molecule has 20 heavy (non-hydrogen) atoms. The molecule has 0 unspecified atom stereocenters. The summed E-state index contributed by atoms with van der Waals surface area (Å²) in [6, 6.07) is 11.1. The van der Waals surface area contributed by atoms with Crippen molar-refractivity contribution in [3.8, 4) is 0 Å². The largest absolute Gasteiger partial charge is 0.379 e. The van der Waals surface area contributed by atoms with Crippen LogP contribution >= 0.6 is 0 Å². The first-order chi connectivity index (χ1) is 9.60. The van der Waals surface area contributed by atoms with E-state index in [0.717, 1.165) is 17.2 Å². The van der Waals surface area contributed by atoms with Gasteiger partial charge in [-0.25, -0.2) is 4.39 Å². The highest BCUT2D eigenvalue weighted by molar-refractivity contribution is 5.50. The molecule has 2 aromatic rings. The summed E-state index contributed by atoms with van der Waals surface area (Å²) in [7, 11) is 0. The van der Waals surface area contributed by atoms with Crippen LogP contribution in [0.4, 0.5) is 15.8 Å². The Hall–Kier alpha value is -2.47. The molecule has 2 aromatic carbocycles. The lowest BCUT2D eigenvalue weighted by molar-refractivity contribution is -0.385. The van der Waals surface area contributed by atoms with Gasteiger partial charge in [-0.15, -0.1) is 0 Å². The summed E-state index contributed by atoms with van der Waals surface area (Å²) in [5.41, 5.74) is 7.47. The van der Waals surface area contributed by atoms with Crippen molar-refractivity contribution in [2.24, 2.45) is 5.73 Å². The number of nitrogens with two attached hydrogens (primary N) is 1. The first-order valence-electron chi connectivity index (χ1n) is 6.06. The predicted octanol–water partition coefficient (Wildman–Crippen LogP) is 2.80. The minimum absolute atomic E-state index is 0.235. The molecular formula is C14H14FN3O2. The summed E-state index contributed by atoms with van der Waals surface area (Å²) in [6.07, 6.45) is 0. The fourth-order valence-corrected chi connectivity index (χ4v) is 1.75. The predicted molar refractivity (Wildman–Crippen MR) is 74.7 cm³/mol. The van der Waals surface area contributed by atoms with E-state index in [1.165, 1.54) is 12.1 Å². The number of nitrogens with zero attached hydrogens (tertiary/aromatic N) is 1. The monoisotopic (exact) mass is 275 g/mol. The van der Waals surface area contributed by atoms with Crippen LogP contribution in [0.25, 0.3) is 0 Å². The second-order valence-electron chi connectivity index (χ2n) is 4.30. The van der Waals surface area contributed by atoms with Crippen LogP contribution in [0.1, 0.15) is 11.1 Å². The second kappa shape index (κ2) is 6.12. The highest BCUT2D eigenvalue weighted by Gasteiger charge is 2.10. The molecule has 0 bridgehead atoms. The van der Waals surface area contributed by atoms with E-state index in [2.05, 4.69) is 5.32 Å². The summed E-state index contributed by atoms with van der Waals surface area (Å²) in [5.74, 6) is -0.641. The zero-order valence-corrected chi connectivity index (χ0v) is 10.7. The third kappa shape index (κ3) is 3.30. The van der Waals surface area contributed by atoms with E-state index >= 15 is 0 Å². The van der Waals surface area contributed by atoms with Crippen molar-refractivity contribution < 1.29 is 9.31 Å². The molecule has 2 rings (SSSR count). The quantitative estimate of drug-likeness (QED) is 0.649.